The number of benzene rings is 1. The maximum absolute atomic E-state index is 12.6. The molecule has 0 fully saturated rings. The number of hydrogen-bond donors (Lipinski definition) is 2. The van der Waals surface area contributed by atoms with Crippen LogP contribution in [0, 0.1) is 20.8 Å². The molecule has 1 atom stereocenters. The first-order valence-corrected chi connectivity index (χ1v) is 8.08. The number of aryl methyl sites for hydroxylation is 3. The number of rotatable bonds is 6. The largest absolute Gasteiger partial charge is 0.493 e. The van der Waals surface area contributed by atoms with Gasteiger partial charge in [-0.1, -0.05) is 0 Å². The Morgan fingerprint density at radius 1 is 1.16 bits per heavy atom. The van der Waals surface area contributed by atoms with Crippen LogP contribution in [0.2, 0.25) is 0 Å². The van der Waals surface area contributed by atoms with Gasteiger partial charge in [-0.25, -0.2) is 0 Å². The Balaban J connectivity index is 2.16. The van der Waals surface area contributed by atoms with Crippen LogP contribution < -0.4 is 20.1 Å². The van der Waals surface area contributed by atoms with E-state index in [9.17, 15) is 4.79 Å². The molecule has 7 nitrogen and oxygen atoms in total. The standard InChI is InChI=1S/C18H26N4O3/c1-10-8-15(24-6)16(25-7)9-14(10)19-12(3)18(23)20-17-11(2)21-22(5)13(17)4/h8-9,12,19H,1-7H3,(H,20,23). The van der Waals surface area contributed by atoms with Crippen molar-refractivity contribution in [2.45, 2.75) is 33.7 Å². The van der Waals surface area contributed by atoms with Crippen molar-refractivity contribution in [2.24, 2.45) is 7.05 Å². The first-order chi connectivity index (χ1) is 11.8. The molecule has 0 radical (unpaired) electrons. The fourth-order valence-electron chi connectivity index (χ4n) is 2.62. The number of ether oxygens (including phenoxy) is 2. The molecule has 0 saturated heterocycles. The van der Waals surface area contributed by atoms with E-state index in [1.54, 1.807) is 18.9 Å². The highest BCUT2D eigenvalue weighted by molar-refractivity contribution is 5.97. The number of aromatic nitrogens is 2. The molecule has 2 aromatic rings. The zero-order valence-electron chi connectivity index (χ0n) is 15.9. The van der Waals surface area contributed by atoms with E-state index >= 15 is 0 Å². The number of carbonyl (C=O) groups excluding carboxylic acids is 1. The Morgan fingerprint density at radius 3 is 2.28 bits per heavy atom. The Labute approximate surface area is 148 Å². The molecule has 1 amide bonds. The summed E-state index contributed by atoms with van der Waals surface area (Å²) in [6, 6.07) is 3.27. The van der Waals surface area contributed by atoms with Crippen LogP contribution in [0.4, 0.5) is 11.4 Å². The van der Waals surface area contributed by atoms with E-state index in [0.717, 1.165) is 28.3 Å². The van der Waals surface area contributed by atoms with E-state index < -0.39 is 6.04 Å². The monoisotopic (exact) mass is 346 g/mol. The van der Waals surface area contributed by atoms with Crippen molar-refractivity contribution >= 4 is 17.3 Å². The summed E-state index contributed by atoms with van der Waals surface area (Å²) >= 11 is 0. The van der Waals surface area contributed by atoms with Gasteiger partial charge in [0.2, 0.25) is 5.91 Å². The summed E-state index contributed by atoms with van der Waals surface area (Å²) in [7, 11) is 5.03. The summed E-state index contributed by atoms with van der Waals surface area (Å²) in [4.78, 5) is 12.6. The molecule has 25 heavy (non-hydrogen) atoms. The predicted molar refractivity (Wildman–Crippen MR) is 98.7 cm³/mol. The Kier molecular flexibility index (Phi) is 5.56. The number of nitrogens with zero attached hydrogens (tertiary/aromatic N) is 2. The van der Waals surface area contributed by atoms with E-state index in [1.807, 2.05) is 46.9 Å². The molecular formula is C18H26N4O3. The number of amides is 1. The van der Waals surface area contributed by atoms with E-state index in [1.165, 1.54) is 0 Å². The van der Waals surface area contributed by atoms with Crippen molar-refractivity contribution in [1.29, 1.82) is 0 Å². The van der Waals surface area contributed by atoms with Crippen LogP contribution in [0.3, 0.4) is 0 Å². The van der Waals surface area contributed by atoms with E-state index in [4.69, 9.17) is 9.47 Å². The average molecular weight is 346 g/mol. The molecule has 0 saturated carbocycles. The highest BCUT2D eigenvalue weighted by atomic mass is 16.5. The molecule has 0 spiro atoms. The molecule has 1 aromatic heterocycles. The Bertz CT molecular complexity index is 783. The molecule has 1 unspecified atom stereocenters. The first-order valence-electron chi connectivity index (χ1n) is 8.08. The van der Waals surface area contributed by atoms with E-state index in [0.29, 0.717) is 11.5 Å². The Hall–Kier alpha value is -2.70. The van der Waals surface area contributed by atoms with Crippen molar-refractivity contribution in [1.82, 2.24) is 9.78 Å². The number of hydrogen-bond acceptors (Lipinski definition) is 5. The van der Waals surface area contributed by atoms with E-state index in [2.05, 4.69) is 15.7 Å². The maximum Gasteiger partial charge on any atom is 0.246 e. The predicted octanol–water partition coefficient (Wildman–Crippen LogP) is 2.80. The minimum absolute atomic E-state index is 0.131. The van der Waals surface area contributed by atoms with Crippen molar-refractivity contribution in [3.63, 3.8) is 0 Å². The van der Waals surface area contributed by atoms with Crippen molar-refractivity contribution in [3.05, 3.63) is 29.1 Å². The first kappa shape index (κ1) is 18.6. The van der Waals surface area contributed by atoms with Gasteiger partial charge < -0.3 is 20.1 Å². The van der Waals surface area contributed by atoms with E-state index in [-0.39, 0.29) is 5.91 Å². The summed E-state index contributed by atoms with van der Waals surface area (Å²) in [6.45, 7) is 7.56. The van der Waals surface area contributed by atoms with Gasteiger partial charge in [-0.3, -0.25) is 9.48 Å². The zero-order chi connectivity index (χ0) is 18.7. The lowest BCUT2D eigenvalue weighted by atomic mass is 10.1. The number of anilines is 2. The molecular weight excluding hydrogens is 320 g/mol. The summed E-state index contributed by atoms with van der Waals surface area (Å²) in [5, 5.41) is 10.5. The minimum Gasteiger partial charge on any atom is -0.493 e. The van der Waals surface area contributed by atoms with Crippen LogP contribution in [-0.2, 0) is 11.8 Å². The van der Waals surface area contributed by atoms with Gasteiger partial charge in [0.15, 0.2) is 11.5 Å². The third kappa shape index (κ3) is 3.87. The van der Waals surface area contributed by atoms with Crippen LogP contribution in [-0.4, -0.2) is 35.9 Å². The van der Waals surface area contributed by atoms with Crippen LogP contribution >= 0.6 is 0 Å². The fraction of sp³-hybridized carbons (Fsp3) is 0.444. The molecule has 2 rings (SSSR count). The van der Waals surface area contributed by atoms with Gasteiger partial charge in [-0.2, -0.15) is 5.10 Å². The number of nitrogens with one attached hydrogen (secondary N) is 2. The lowest BCUT2D eigenvalue weighted by Gasteiger charge is -2.19. The average Bonchev–Trinajstić information content (AvgIpc) is 2.82. The fourth-order valence-corrected chi connectivity index (χ4v) is 2.62. The van der Waals surface area contributed by atoms with Gasteiger partial charge in [0.1, 0.15) is 6.04 Å². The molecule has 1 heterocycles. The SMILES string of the molecule is COc1cc(C)c(NC(C)C(=O)Nc2c(C)nn(C)c2C)cc1OC. The van der Waals surface area contributed by atoms with Crippen molar-refractivity contribution < 1.29 is 14.3 Å². The van der Waals surface area contributed by atoms with Gasteiger partial charge in [0.05, 0.1) is 31.3 Å². The molecule has 0 aliphatic carbocycles. The molecule has 0 bridgehead atoms. The second kappa shape index (κ2) is 7.46. The second-order valence-electron chi connectivity index (χ2n) is 6.05. The van der Waals surface area contributed by atoms with Crippen LogP contribution in [0.5, 0.6) is 11.5 Å². The normalized spacial score (nSPS) is 11.8. The number of methoxy groups -OCH3 is 2. The third-order valence-corrected chi connectivity index (χ3v) is 4.25. The molecule has 7 heteroatoms. The lowest BCUT2D eigenvalue weighted by Crippen LogP contribution is -2.32. The number of carbonyl (C=O) groups is 1. The third-order valence-electron chi connectivity index (χ3n) is 4.25. The smallest absolute Gasteiger partial charge is 0.246 e. The zero-order valence-corrected chi connectivity index (χ0v) is 15.9. The summed E-state index contributed by atoms with van der Waals surface area (Å²) in [6.07, 6.45) is 0. The molecule has 1 aromatic carbocycles. The molecule has 2 N–H and O–H groups in total. The summed E-state index contributed by atoms with van der Waals surface area (Å²) < 4.78 is 12.4. The second-order valence-corrected chi connectivity index (χ2v) is 6.05. The summed E-state index contributed by atoms with van der Waals surface area (Å²) in [5.74, 6) is 1.14. The molecule has 0 aliphatic rings. The maximum atomic E-state index is 12.6. The highest BCUT2D eigenvalue weighted by Gasteiger charge is 2.19. The molecule has 136 valence electrons. The van der Waals surface area contributed by atoms with Gasteiger partial charge in [-0.05, 0) is 39.3 Å². The van der Waals surface area contributed by atoms with Crippen LogP contribution in [0.1, 0.15) is 23.9 Å². The van der Waals surface area contributed by atoms with Gasteiger partial charge in [-0.15, -0.1) is 0 Å². The highest BCUT2D eigenvalue weighted by Crippen LogP contribution is 2.33. The lowest BCUT2D eigenvalue weighted by molar-refractivity contribution is -0.116. The van der Waals surface area contributed by atoms with Crippen molar-refractivity contribution in [3.8, 4) is 11.5 Å². The van der Waals surface area contributed by atoms with Gasteiger partial charge in [0.25, 0.3) is 0 Å². The Morgan fingerprint density at radius 2 is 1.76 bits per heavy atom. The van der Waals surface area contributed by atoms with Gasteiger partial charge >= 0.3 is 0 Å². The van der Waals surface area contributed by atoms with Crippen LogP contribution in [0.15, 0.2) is 12.1 Å². The van der Waals surface area contributed by atoms with Crippen LogP contribution in [0.25, 0.3) is 0 Å². The van der Waals surface area contributed by atoms with Crippen molar-refractivity contribution in [2.75, 3.05) is 24.9 Å². The summed E-state index contributed by atoms with van der Waals surface area (Å²) in [5.41, 5.74) is 4.25. The minimum atomic E-state index is -0.434. The topological polar surface area (TPSA) is 77.4 Å². The quantitative estimate of drug-likeness (QED) is 0.841. The molecule has 0 aliphatic heterocycles. The van der Waals surface area contributed by atoms with Gasteiger partial charge in [0, 0.05) is 18.8 Å².